The van der Waals surface area contributed by atoms with Crippen molar-refractivity contribution in [1.82, 2.24) is 14.9 Å². The fraction of sp³-hybridized carbons (Fsp3) is 0.250. The molecule has 1 amide bonds. The zero-order valence-electron chi connectivity index (χ0n) is 14.8. The first-order valence-electron chi connectivity index (χ1n) is 8.82. The highest BCUT2D eigenvalue weighted by atomic mass is 19.3. The van der Waals surface area contributed by atoms with E-state index in [2.05, 4.69) is 9.97 Å². The molecule has 0 spiro atoms. The summed E-state index contributed by atoms with van der Waals surface area (Å²) in [5.74, 6) is -3.18. The van der Waals surface area contributed by atoms with Gasteiger partial charge in [-0.2, -0.15) is 0 Å². The van der Waals surface area contributed by atoms with Gasteiger partial charge in [0.1, 0.15) is 11.3 Å². The summed E-state index contributed by atoms with van der Waals surface area (Å²) >= 11 is 0. The van der Waals surface area contributed by atoms with Gasteiger partial charge < -0.3 is 15.0 Å². The smallest absolute Gasteiger partial charge is 0.258 e. The topological polar surface area (TPSA) is 86.3 Å². The Labute approximate surface area is 158 Å². The molecule has 3 aromatic rings. The van der Waals surface area contributed by atoms with Gasteiger partial charge in [0, 0.05) is 31.5 Å². The van der Waals surface area contributed by atoms with Gasteiger partial charge in [0.05, 0.1) is 11.7 Å². The van der Waals surface area contributed by atoms with E-state index in [-0.39, 0.29) is 54.1 Å². The lowest BCUT2D eigenvalue weighted by atomic mass is 10.00. The zero-order chi connectivity index (χ0) is 19.9. The minimum Gasteiger partial charge on any atom is -0.506 e. The number of likely N-dealkylation sites (tertiary alicyclic amines) is 1. The SMILES string of the molecule is O=C(c1cccc(-c2cc(O)c3nc[nH]c(=O)c3c2)c1)N1CCC(F)(F)CC1. The second kappa shape index (κ2) is 6.70. The summed E-state index contributed by atoms with van der Waals surface area (Å²) in [6.45, 7) is 0.0156. The Morgan fingerprint density at radius 2 is 1.89 bits per heavy atom. The van der Waals surface area contributed by atoms with Gasteiger partial charge in [-0.3, -0.25) is 9.59 Å². The Balaban J connectivity index is 1.68. The van der Waals surface area contributed by atoms with Gasteiger partial charge in [-0.25, -0.2) is 13.8 Å². The van der Waals surface area contributed by atoms with Crippen LogP contribution in [0.4, 0.5) is 8.78 Å². The van der Waals surface area contributed by atoms with Gasteiger partial charge in [0.25, 0.3) is 17.4 Å². The number of hydrogen-bond acceptors (Lipinski definition) is 4. The number of aromatic hydroxyl groups is 1. The van der Waals surface area contributed by atoms with Crippen LogP contribution in [0.1, 0.15) is 23.2 Å². The van der Waals surface area contributed by atoms with E-state index in [0.29, 0.717) is 16.7 Å². The quantitative estimate of drug-likeness (QED) is 0.710. The van der Waals surface area contributed by atoms with Crippen molar-refractivity contribution < 1.29 is 18.7 Å². The number of aromatic amines is 1. The Morgan fingerprint density at radius 3 is 2.64 bits per heavy atom. The van der Waals surface area contributed by atoms with Crippen LogP contribution in [0.5, 0.6) is 5.75 Å². The molecule has 0 atom stereocenters. The lowest BCUT2D eigenvalue weighted by molar-refractivity contribution is -0.0494. The van der Waals surface area contributed by atoms with Crippen LogP contribution in [0.15, 0.2) is 47.5 Å². The van der Waals surface area contributed by atoms with E-state index in [1.165, 1.54) is 17.3 Å². The highest BCUT2D eigenvalue weighted by Crippen LogP contribution is 2.31. The largest absolute Gasteiger partial charge is 0.506 e. The van der Waals surface area contributed by atoms with E-state index in [9.17, 15) is 23.5 Å². The number of hydrogen-bond donors (Lipinski definition) is 2. The summed E-state index contributed by atoms with van der Waals surface area (Å²) in [4.78, 5) is 32.6. The molecule has 0 radical (unpaired) electrons. The number of carbonyl (C=O) groups excluding carboxylic acids is 1. The first kappa shape index (κ1) is 18.1. The second-order valence-electron chi connectivity index (χ2n) is 6.85. The minimum absolute atomic E-state index is 0.00781. The van der Waals surface area contributed by atoms with Gasteiger partial charge in [-0.15, -0.1) is 0 Å². The second-order valence-corrected chi connectivity index (χ2v) is 6.85. The lowest BCUT2D eigenvalue weighted by Crippen LogP contribution is -2.42. The number of phenols is 1. The molecule has 1 aliphatic heterocycles. The molecule has 144 valence electrons. The molecular weight excluding hydrogens is 368 g/mol. The van der Waals surface area contributed by atoms with Crippen LogP contribution in [0, 0.1) is 0 Å². The van der Waals surface area contributed by atoms with Crippen molar-refractivity contribution in [2.45, 2.75) is 18.8 Å². The van der Waals surface area contributed by atoms with Gasteiger partial charge >= 0.3 is 0 Å². The number of rotatable bonds is 2. The number of H-pyrrole nitrogens is 1. The van der Waals surface area contributed by atoms with Crippen LogP contribution in [0.2, 0.25) is 0 Å². The van der Waals surface area contributed by atoms with Crippen LogP contribution >= 0.6 is 0 Å². The van der Waals surface area contributed by atoms with Gasteiger partial charge in [-0.1, -0.05) is 12.1 Å². The molecule has 1 saturated heterocycles. The fourth-order valence-corrected chi connectivity index (χ4v) is 3.38. The highest BCUT2D eigenvalue weighted by Gasteiger charge is 2.35. The maximum atomic E-state index is 13.3. The third kappa shape index (κ3) is 3.33. The van der Waals surface area contributed by atoms with Crippen LogP contribution in [0.25, 0.3) is 22.0 Å². The molecule has 2 aromatic carbocycles. The van der Waals surface area contributed by atoms with Crippen LogP contribution in [0.3, 0.4) is 0 Å². The van der Waals surface area contributed by atoms with E-state index < -0.39 is 5.92 Å². The molecule has 2 heterocycles. The number of fused-ring (bicyclic) bond motifs is 1. The minimum atomic E-state index is -2.72. The molecule has 1 aliphatic rings. The summed E-state index contributed by atoms with van der Waals surface area (Å²) in [6.07, 6.45) is 0.533. The molecule has 0 aliphatic carbocycles. The number of phenolic OH excluding ortho intramolecular Hbond substituents is 1. The standard InChI is InChI=1S/C20H17F2N3O3/c21-20(22)4-6-25(7-5-20)19(28)13-3-1-2-12(8-13)14-9-15-17(16(26)10-14)23-11-24-18(15)27/h1-3,8-11,26H,4-7H2,(H,23,24,27). The summed E-state index contributed by atoms with van der Waals surface area (Å²) in [5.41, 5.74) is 1.33. The number of aromatic nitrogens is 2. The van der Waals surface area contributed by atoms with Crippen molar-refractivity contribution in [2.75, 3.05) is 13.1 Å². The first-order chi connectivity index (χ1) is 13.3. The predicted molar refractivity (Wildman–Crippen MR) is 99.5 cm³/mol. The average molecular weight is 385 g/mol. The van der Waals surface area contributed by atoms with Gasteiger partial charge in [-0.05, 0) is 35.4 Å². The van der Waals surface area contributed by atoms with Crippen molar-refractivity contribution in [2.24, 2.45) is 0 Å². The normalized spacial score (nSPS) is 16.3. The molecule has 0 saturated carbocycles. The van der Waals surface area contributed by atoms with Crippen LogP contribution in [-0.4, -0.2) is 44.9 Å². The number of nitrogens with one attached hydrogen (secondary N) is 1. The van der Waals surface area contributed by atoms with Crippen molar-refractivity contribution in [1.29, 1.82) is 0 Å². The molecule has 8 heteroatoms. The molecular formula is C20H17F2N3O3. The maximum absolute atomic E-state index is 13.3. The van der Waals surface area contributed by atoms with Crippen LogP contribution in [-0.2, 0) is 0 Å². The zero-order valence-corrected chi connectivity index (χ0v) is 14.8. The van der Waals surface area contributed by atoms with Crippen molar-refractivity contribution in [3.63, 3.8) is 0 Å². The Bertz CT molecular complexity index is 1120. The maximum Gasteiger partial charge on any atom is 0.258 e. The van der Waals surface area contributed by atoms with Gasteiger partial charge in [0.2, 0.25) is 0 Å². The summed E-state index contributed by atoms with van der Waals surface area (Å²) in [5, 5.41) is 10.4. The third-order valence-corrected chi connectivity index (χ3v) is 4.95. The molecule has 4 rings (SSSR count). The summed E-state index contributed by atoms with van der Waals surface area (Å²) < 4.78 is 26.7. The Kier molecular flexibility index (Phi) is 4.33. The number of alkyl halides is 2. The molecule has 2 N–H and O–H groups in total. The van der Waals surface area contributed by atoms with Crippen LogP contribution < -0.4 is 5.56 Å². The lowest BCUT2D eigenvalue weighted by Gasteiger charge is -2.31. The number of benzene rings is 2. The number of piperidine rings is 1. The highest BCUT2D eigenvalue weighted by molar-refractivity contribution is 5.96. The fourth-order valence-electron chi connectivity index (χ4n) is 3.38. The number of nitrogens with zero attached hydrogens (tertiary/aromatic N) is 2. The number of amides is 1. The number of halogens is 2. The van der Waals surface area contributed by atoms with E-state index in [0.717, 1.165) is 0 Å². The molecule has 1 fully saturated rings. The van der Waals surface area contributed by atoms with Crippen molar-refractivity contribution >= 4 is 16.8 Å². The molecule has 28 heavy (non-hydrogen) atoms. The van der Waals surface area contributed by atoms with Crippen molar-refractivity contribution in [3.8, 4) is 16.9 Å². The Morgan fingerprint density at radius 1 is 1.14 bits per heavy atom. The van der Waals surface area contributed by atoms with Gasteiger partial charge in [0.15, 0.2) is 0 Å². The summed E-state index contributed by atoms with van der Waals surface area (Å²) in [6, 6.07) is 9.72. The predicted octanol–water partition coefficient (Wildman–Crippen LogP) is 3.17. The monoisotopic (exact) mass is 385 g/mol. The third-order valence-electron chi connectivity index (χ3n) is 4.95. The van der Waals surface area contributed by atoms with E-state index in [1.807, 2.05) is 0 Å². The molecule has 1 aromatic heterocycles. The molecule has 0 bridgehead atoms. The van der Waals surface area contributed by atoms with E-state index >= 15 is 0 Å². The molecule has 6 nitrogen and oxygen atoms in total. The molecule has 0 unspecified atom stereocenters. The first-order valence-corrected chi connectivity index (χ1v) is 8.82. The summed E-state index contributed by atoms with van der Waals surface area (Å²) in [7, 11) is 0. The van der Waals surface area contributed by atoms with Crippen molar-refractivity contribution in [3.05, 3.63) is 58.6 Å². The Hall–Kier alpha value is -3.29. The average Bonchev–Trinajstić information content (AvgIpc) is 2.68. The van der Waals surface area contributed by atoms with E-state index in [1.54, 1.807) is 30.3 Å². The number of carbonyl (C=O) groups is 1. The van der Waals surface area contributed by atoms with E-state index in [4.69, 9.17) is 0 Å².